The van der Waals surface area contributed by atoms with Gasteiger partial charge < -0.3 is 39.3 Å². The first-order valence-electron chi connectivity index (χ1n) is 15.4. The van der Waals surface area contributed by atoms with E-state index in [0.29, 0.717) is 22.6 Å². The van der Waals surface area contributed by atoms with Crippen molar-refractivity contribution in [2.45, 2.75) is 95.0 Å². The van der Waals surface area contributed by atoms with Crippen molar-refractivity contribution in [2.75, 3.05) is 13.7 Å². The predicted octanol–water partition coefficient (Wildman–Crippen LogP) is 4.70. The summed E-state index contributed by atoms with van der Waals surface area (Å²) in [5.41, 5.74) is 5.74. The summed E-state index contributed by atoms with van der Waals surface area (Å²) in [4.78, 5) is 47.4. The number of nitrogens with one attached hydrogen (secondary N) is 1. The second-order valence-electron chi connectivity index (χ2n) is 14.0. The Morgan fingerprint density at radius 2 is 1.73 bits per heavy atom. The second kappa shape index (κ2) is 12.6. The molecule has 2 aliphatic heterocycles. The van der Waals surface area contributed by atoms with Crippen molar-refractivity contribution in [3.63, 3.8) is 0 Å². The van der Waals surface area contributed by atoms with Gasteiger partial charge in [-0.3, -0.25) is 4.79 Å². The van der Waals surface area contributed by atoms with E-state index >= 15 is 0 Å². The molecule has 0 aliphatic carbocycles. The lowest BCUT2D eigenvalue weighted by atomic mass is 9.88. The van der Waals surface area contributed by atoms with Gasteiger partial charge in [-0.1, -0.05) is 26.7 Å². The fraction of sp³-hybridized carbons (Fsp3) is 0.500. The summed E-state index contributed by atoms with van der Waals surface area (Å²) in [6.07, 6.45) is 4.02. The Bertz CT molecular complexity index is 1800. The maximum atomic E-state index is 13.3. The zero-order chi connectivity index (χ0) is 35.3. The van der Waals surface area contributed by atoms with E-state index in [9.17, 15) is 14.4 Å². The van der Waals surface area contributed by atoms with Crippen molar-refractivity contribution in [2.24, 2.45) is 5.73 Å². The highest BCUT2D eigenvalue weighted by Gasteiger charge is 2.56. The van der Waals surface area contributed by atoms with Gasteiger partial charge in [0.2, 0.25) is 11.7 Å². The molecule has 4 atom stereocenters. The molecule has 2 amide bonds. The molecule has 1 aromatic carbocycles. The van der Waals surface area contributed by atoms with Gasteiger partial charge in [-0.05, 0) is 58.9 Å². The van der Waals surface area contributed by atoms with E-state index in [1.807, 2.05) is 39.2 Å². The van der Waals surface area contributed by atoms with E-state index in [1.165, 1.54) is 11.8 Å². The third kappa shape index (κ3) is 6.94. The first-order chi connectivity index (χ1) is 22.3. The Labute approximate surface area is 283 Å². The van der Waals surface area contributed by atoms with Gasteiger partial charge in [0.25, 0.3) is 5.91 Å². The number of methoxy groups -OCH3 is 1. The molecule has 256 valence electrons. The number of rotatable bonds is 7. The third-order valence-corrected chi connectivity index (χ3v) is 9.18. The van der Waals surface area contributed by atoms with Crippen molar-refractivity contribution >= 4 is 40.8 Å². The fourth-order valence-electron chi connectivity index (χ4n) is 5.94. The zero-order valence-corrected chi connectivity index (χ0v) is 29.3. The number of nitrogens with zero attached hydrogens (tertiary/aromatic N) is 3. The summed E-state index contributed by atoms with van der Waals surface area (Å²) in [5, 5.41) is 2.49. The molecule has 2 fully saturated rings. The van der Waals surface area contributed by atoms with Crippen molar-refractivity contribution in [3.8, 4) is 24.0 Å². The minimum absolute atomic E-state index is 0.229. The smallest absolute Gasteiger partial charge is 0.411 e. The number of benzene rings is 1. The molecule has 0 bridgehead atoms. The normalized spacial score (nSPS) is 21.8. The lowest BCUT2D eigenvalue weighted by Crippen LogP contribution is -2.38. The van der Waals surface area contributed by atoms with Crippen LogP contribution in [-0.4, -0.2) is 75.0 Å². The van der Waals surface area contributed by atoms with Gasteiger partial charge in [0.15, 0.2) is 11.4 Å². The summed E-state index contributed by atoms with van der Waals surface area (Å²) in [5.74, 6) is 0.755. The van der Waals surface area contributed by atoms with Gasteiger partial charge in [-0.15, -0.1) is 18.2 Å². The molecule has 4 heterocycles. The molecule has 14 heteroatoms. The van der Waals surface area contributed by atoms with Crippen LogP contribution in [0.15, 0.2) is 24.3 Å². The molecule has 5 rings (SSSR count). The third-order valence-electron chi connectivity index (χ3n) is 7.64. The number of ether oxygens (including phenoxy) is 5. The molecule has 3 N–H and O–H groups in total. The number of aromatic nitrogens is 3. The fourth-order valence-corrected chi connectivity index (χ4v) is 7.54. The van der Waals surface area contributed by atoms with Crippen molar-refractivity contribution < 1.29 is 38.1 Å². The van der Waals surface area contributed by atoms with Crippen LogP contribution in [0.4, 0.5) is 4.79 Å². The molecule has 0 radical (unpaired) electrons. The number of terminal acetylenes is 1. The number of fused-ring (bicyclic) bond motifs is 2. The van der Waals surface area contributed by atoms with Gasteiger partial charge in [-0.2, -0.15) is 4.98 Å². The monoisotopic (exact) mass is 679 g/mol. The largest absolute Gasteiger partial charge is 0.497 e. The maximum absolute atomic E-state index is 13.3. The van der Waals surface area contributed by atoms with Crippen LogP contribution in [0.3, 0.4) is 0 Å². The van der Waals surface area contributed by atoms with Crippen LogP contribution in [0.2, 0.25) is 0 Å². The molecule has 0 saturated carbocycles. The van der Waals surface area contributed by atoms with Gasteiger partial charge in [0.05, 0.1) is 23.3 Å². The molecule has 2 aliphatic rings. The molecule has 13 nitrogen and oxygen atoms in total. The van der Waals surface area contributed by atoms with Crippen LogP contribution in [0.5, 0.6) is 11.6 Å². The molecule has 0 unspecified atom stereocenters. The van der Waals surface area contributed by atoms with Crippen molar-refractivity contribution in [1.82, 2.24) is 19.9 Å². The van der Waals surface area contributed by atoms with E-state index in [2.05, 4.69) is 21.2 Å². The van der Waals surface area contributed by atoms with Gasteiger partial charge >= 0.3 is 12.1 Å². The quantitative estimate of drug-likeness (QED) is 0.263. The first-order valence-corrected chi connectivity index (χ1v) is 16.3. The van der Waals surface area contributed by atoms with Crippen LogP contribution >= 0.6 is 11.8 Å². The molecule has 0 spiro atoms. The summed E-state index contributed by atoms with van der Waals surface area (Å²) >= 11 is 1.51. The summed E-state index contributed by atoms with van der Waals surface area (Å²) in [6.45, 7) is 15.0. The Balaban J connectivity index is 1.64. The highest BCUT2D eigenvalue weighted by atomic mass is 32.2. The number of thioether (sulfide) groups is 1. The number of hydrogen-bond acceptors (Lipinski definition) is 11. The van der Waals surface area contributed by atoms with E-state index in [0.717, 1.165) is 0 Å². The number of primary amides is 1. The summed E-state index contributed by atoms with van der Waals surface area (Å²) < 4.78 is 30.9. The van der Waals surface area contributed by atoms with Crippen molar-refractivity contribution in [1.29, 1.82) is 0 Å². The highest BCUT2D eigenvalue weighted by molar-refractivity contribution is 8.00. The van der Waals surface area contributed by atoms with Gasteiger partial charge in [0, 0.05) is 23.2 Å². The molecule has 2 saturated heterocycles. The first kappa shape index (κ1) is 35.0. The second-order valence-corrected chi connectivity index (χ2v) is 15.4. The number of amides is 2. The molecule has 3 aromatic rings. The lowest BCUT2D eigenvalue weighted by molar-refractivity contribution is -0.148. The Kier molecular flexibility index (Phi) is 9.19. The van der Waals surface area contributed by atoms with Gasteiger partial charge in [0.1, 0.15) is 28.9 Å². The minimum atomic E-state index is -1.14. The van der Waals surface area contributed by atoms with E-state index < -0.39 is 46.4 Å². The van der Waals surface area contributed by atoms with Crippen LogP contribution in [-0.2, 0) is 19.6 Å². The lowest BCUT2D eigenvalue weighted by Gasteiger charge is -2.29. The van der Waals surface area contributed by atoms with E-state index in [-0.39, 0.29) is 40.4 Å². The average Bonchev–Trinajstić information content (AvgIpc) is 3.60. The standard InChI is InChI=1S/C34H41N5O8S/c1-11-19-21-26(37-25(30(41)47-33(5,6)7)38-28(21)44-31(35)42)39(24(19)32(2,3)4)29-23-22(45-34(8,9)46-23)20(48-29)16-36-27(40)17-12-14-18(43-10)15-13-17/h1,12-15,20,22-23,29H,16H2,2-10H3,(H2,35,42)(H,36,40)/t20-,22-,23-,29-/m1/s1. The maximum Gasteiger partial charge on any atom is 0.411 e. The number of hydrogen-bond donors (Lipinski definition) is 2. The van der Waals surface area contributed by atoms with Crippen LogP contribution in [0, 0.1) is 12.3 Å². The Hall–Kier alpha value is -4.32. The van der Waals surface area contributed by atoms with Gasteiger partial charge in [-0.25, -0.2) is 14.6 Å². The molecule has 48 heavy (non-hydrogen) atoms. The Morgan fingerprint density at radius 1 is 1.08 bits per heavy atom. The SMILES string of the molecule is C#Cc1c(C(C)(C)C)n([C@@H]2S[C@H](CNC(=O)c3ccc(OC)cc3)[C@H]3OC(C)(C)O[C@H]32)c2nc(C(=O)OC(C)(C)C)nc(OC(N)=O)c12. The summed E-state index contributed by atoms with van der Waals surface area (Å²) in [7, 11) is 1.56. The minimum Gasteiger partial charge on any atom is -0.497 e. The topological polar surface area (TPSA) is 166 Å². The Morgan fingerprint density at radius 3 is 2.29 bits per heavy atom. The summed E-state index contributed by atoms with van der Waals surface area (Å²) in [6, 6.07) is 6.83. The molecular formula is C34H41N5O8S. The highest BCUT2D eigenvalue weighted by Crippen LogP contribution is 2.54. The van der Waals surface area contributed by atoms with E-state index in [4.69, 9.17) is 35.8 Å². The molecule has 2 aromatic heterocycles. The van der Waals surface area contributed by atoms with Crippen LogP contribution in [0.1, 0.15) is 93.0 Å². The molecular weight excluding hydrogens is 638 g/mol. The van der Waals surface area contributed by atoms with E-state index in [1.54, 1.807) is 52.1 Å². The van der Waals surface area contributed by atoms with Crippen LogP contribution in [0.25, 0.3) is 11.0 Å². The number of esters is 1. The zero-order valence-electron chi connectivity index (χ0n) is 28.5. The number of carbonyl (C=O) groups is 3. The predicted molar refractivity (Wildman–Crippen MR) is 179 cm³/mol. The van der Waals surface area contributed by atoms with Crippen LogP contribution < -0.4 is 20.5 Å². The number of nitrogens with two attached hydrogens (primary N) is 1. The number of carbonyl (C=O) groups excluding carboxylic acids is 3. The van der Waals surface area contributed by atoms with Crippen molar-refractivity contribution in [3.05, 3.63) is 46.9 Å². The average molecular weight is 680 g/mol.